The Morgan fingerprint density at radius 1 is 1.62 bits per heavy atom. The number of hydrogen-bond donors (Lipinski definition) is 4. The number of ether oxygens (including phenoxy) is 1. The molecule has 0 saturated carbocycles. The minimum absolute atomic E-state index is 0.226. The highest BCUT2D eigenvalue weighted by Crippen LogP contribution is 2.08. The van der Waals surface area contributed by atoms with Crippen molar-refractivity contribution in [1.82, 2.24) is 5.32 Å². The second-order valence-electron chi connectivity index (χ2n) is 2.87. The number of aliphatic hydroxyl groups is 3. The fourth-order valence-corrected chi connectivity index (χ4v) is 0.854. The van der Waals surface area contributed by atoms with Gasteiger partial charge in [0.25, 0.3) is 0 Å². The van der Waals surface area contributed by atoms with Crippen molar-refractivity contribution in [3.05, 3.63) is 0 Å². The van der Waals surface area contributed by atoms with Crippen molar-refractivity contribution in [3.8, 4) is 0 Å². The van der Waals surface area contributed by atoms with E-state index in [9.17, 15) is 9.90 Å². The van der Waals surface area contributed by atoms with Gasteiger partial charge in [0.15, 0.2) is 6.29 Å². The molecule has 1 unspecified atom stereocenters. The smallest absolute Gasteiger partial charge is 0.151 e. The van der Waals surface area contributed by atoms with E-state index >= 15 is 0 Å². The summed E-state index contributed by atoms with van der Waals surface area (Å²) in [7, 11) is 0. The van der Waals surface area contributed by atoms with Crippen LogP contribution in [0, 0.1) is 0 Å². The Morgan fingerprint density at radius 3 is 2.62 bits per heavy atom. The maximum absolute atomic E-state index is 10.4. The van der Waals surface area contributed by atoms with Crippen LogP contribution in [-0.4, -0.2) is 59.3 Å². The lowest BCUT2D eigenvalue weighted by Gasteiger charge is -2.21. The number of aliphatic hydroxyl groups excluding tert-OH is 3. The molecule has 1 aliphatic rings. The van der Waals surface area contributed by atoms with Crippen molar-refractivity contribution in [2.24, 2.45) is 0 Å². The summed E-state index contributed by atoms with van der Waals surface area (Å²) in [5.41, 5.74) is 0. The van der Waals surface area contributed by atoms with Crippen molar-refractivity contribution in [3.63, 3.8) is 0 Å². The van der Waals surface area contributed by atoms with Crippen molar-refractivity contribution in [2.45, 2.75) is 24.5 Å². The molecule has 1 rings (SSSR count). The summed E-state index contributed by atoms with van der Waals surface area (Å²) in [6, 6.07) is 0. The van der Waals surface area contributed by atoms with E-state index in [1.165, 1.54) is 0 Å². The molecule has 0 bridgehead atoms. The maximum atomic E-state index is 10.4. The summed E-state index contributed by atoms with van der Waals surface area (Å²) in [6.45, 7) is 0.0270. The Hall–Kier alpha value is -0.530. The molecule has 0 aromatic rings. The predicted molar refractivity (Wildman–Crippen MR) is 41.8 cm³/mol. The molecule has 1 saturated heterocycles. The monoisotopic (exact) mass is 191 g/mol. The van der Waals surface area contributed by atoms with Gasteiger partial charge in [0.1, 0.15) is 24.5 Å². The average molecular weight is 191 g/mol. The molecule has 0 radical (unpaired) electrons. The van der Waals surface area contributed by atoms with Crippen molar-refractivity contribution >= 4 is 6.29 Å². The molecule has 6 nitrogen and oxygen atoms in total. The van der Waals surface area contributed by atoms with Crippen LogP contribution in [0.15, 0.2) is 0 Å². The first-order valence-electron chi connectivity index (χ1n) is 4.00. The number of nitrogens with one attached hydrogen (secondary N) is 1. The second kappa shape index (κ2) is 4.64. The van der Waals surface area contributed by atoms with Crippen molar-refractivity contribution in [2.75, 3.05) is 13.2 Å². The van der Waals surface area contributed by atoms with E-state index in [2.05, 4.69) is 5.32 Å². The number of rotatable bonds is 6. The first kappa shape index (κ1) is 10.6. The SMILES string of the molecule is O=C[C@@H](OC1CN1)[C@H](O)[C@H](O)CO. The molecule has 1 aliphatic heterocycles. The van der Waals surface area contributed by atoms with Gasteiger partial charge in [-0.2, -0.15) is 0 Å². The highest BCUT2D eigenvalue weighted by molar-refractivity contribution is 5.57. The molecule has 1 fully saturated rings. The summed E-state index contributed by atoms with van der Waals surface area (Å²) in [4.78, 5) is 10.4. The molecular formula is C7H13NO5. The van der Waals surface area contributed by atoms with Crippen molar-refractivity contribution < 1.29 is 24.9 Å². The Bertz CT molecular complexity index is 172. The lowest BCUT2D eigenvalue weighted by Crippen LogP contribution is -2.42. The fourth-order valence-electron chi connectivity index (χ4n) is 0.854. The van der Waals surface area contributed by atoms with E-state index in [-0.39, 0.29) is 6.23 Å². The van der Waals surface area contributed by atoms with Crippen LogP contribution in [0.4, 0.5) is 0 Å². The molecular weight excluding hydrogens is 178 g/mol. The number of carbonyl (C=O) groups excluding carboxylic acids is 1. The first-order valence-corrected chi connectivity index (χ1v) is 4.00. The molecule has 0 aliphatic carbocycles. The minimum atomic E-state index is -1.38. The van der Waals surface area contributed by atoms with Crippen LogP contribution in [0.3, 0.4) is 0 Å². The molecule has 0 amide bonds. The van der Waals surface area contributed by atoms with Gasteiger partial charge in [0.2, 0.25) is 0 Å². The maximum Gasteiger partial charge on any atom is 0.151 e. The van der Waals surface area contributed by atoms with Gasteiger partial charge in [-0.1, -0.05) is 0 Å². The molecule has 13 heavy (non-hydrogen) atoms. The Kier molecular flexibility index (Phi) is 3.76. The third-order valence-corrected chi connectivity index (χ3v) is 1.74. The third kappa shape index (κ3) is 3.02. The van der Waals surface area contributed by atoms with E-state index in [1.807, 2.05) is 0 Å². The molecule has 4 N–H and O–H groups in total. The Morgan fingerprint density at radius 2 is 2.23 bits per heavy atom. The zero-order chi connectivity index (χ0) is 9.84. The number of hydrogen-bond acceptors (Lipinski definition) is 6. The summed E-state index contributed by atoms with van der Waals surface area (Å²) in [6.07, 6.45) is -3.65. The van der Waals surface area contributed by atoms with Gasteiger partial charge >= 0.3 is 0 Å². The van der Waals surface area contributed by atoms with Gasteiger partial charge < -0.3 is 24.9 Å². The second-order valence-corrected chi connectivity index (χ2v) is 2.87. The molecule has 6 heteroatoms. The third-order valence-electron chi connectivity index (χ3n) is 1.74. The normalized spacial score (nSPS) is 27.8. The topological polar surface area (TPSA) is 109 Å². The Labute approximate surface area is 75.1 Å². The standard InChI is InChI=1S/C7H13NO5/c9-2-4(11)7(12)5(3-10)13-6-1-8-6/h3-9,11-12H,1-2H2/t4-,5-,6?,7-/m1/s1. The largest absolute Gasteiger partial charge is 0.394 e. The van der Waals surface area contributed by atoms with Crippen LogP contribution in [0.5, 0.6) is 0 Å². The van der Waals surface area contributed by atoms with Gasteiger partial charge in [0, 0.05) is 6.54 Å². The van der Waals surface area contributed by atoms with Crippen LogP contribution in [-0.2, 0) is 9.53 Å². The molecule has 0 aromatic heterocycles. The molecule has 1 heterocycles. The highest BCUT2D eigenvalue weighted by Gasteiger charge is 2.32. The van der Waals surface area contributed by atoms with Crippen LogP contribution in [0.25, 0.3) is 0 Å². The van der Waals surface area contributed by atoms with Gasteiger partial charge in [0.05, 0.1) is 6.61 Å². The van der Waals surface area contributed by atoms with Crippen LogP contribution in [0.2, 0.25) is 0 Å². The predicted octanol–water partition coefficient (Wildman–Crippen LogP) is -2.79. The lowest BCUT2D eigenvalue weighted by molar-refractivity contribution is -0.138. The van der Waals surface area contributed by atoms with E-state index in [1.54, 1.807) is 0 Å². The fraction of sp³-hybridized carbons (Fsp3) is 0.857. The van der Waals surface area contributed by atoms with E-state index in [0.29, 0.717) is 12.8 Å². The van der Waals surface area contributed by atoms with Crippen LogP contribution >= 0.6 is 0 Å². The van der Waals surface area contributed by atoms with E-state index < -0.39 is 24.9 Å². The Balaban J connectivity index is 2.38. The van der Waals surface area contributed by atoms with Gasteiger partial charge in [-0.3, -0.25) is 5.32 Å². The summed E-state index contributed by atoms with van der Waals surface area (Å²) in [5, 5.41) is 29.5. The zero-order valence-corrected chi connectivity index (χ0v) is 6.96. The average Bonchev–Trinajstić information content (AvgIpc) is 2.95. The van der Waals surface area contributed by atoms with Crippen LogP contribution < -0.4 is 5.32 Å². The van der Waals surface area contributed by atoms with Crippen LogP contribution in [0.1, 0.15) is 0 Å². The summed E-state index contributed by atoms with van der Waals surface area (Å²) < 4.78 is 5.00. The summed E-state index contributed by atoms with van der Waals surface area (Å²) >= 11 is 0. The minimum Gasteiger partial charge on any atom is -0.394 e. The first-order chi connectivity index (χ1) is 6.19. The van der Waals surface area contributed by atoms with Gasteiger partial charge in [-0.05, 0) is 0 Å². The van der Waals surface area contributed by atoms with E-state index in [4.69, 9.17) is 14.9 Å². The molecule has 0 spiro atoms. The number of aldehydes is 1. The number of carbonyl (C=O) groups is 1. The van der Waals surface area contributed by atoms with Gasteiger partial charge in [-0.25, -0.2) is 0 Å². The summed E-state index contributed by atoms with van der Waals surface area (Å²) in [5.74, 6) is 0. The van der Waals surface area contributed by atoms with E-state index in [0.717, 1.165) is 0 Å². The lowest BCUT2D eigenvalue weighted by atomic mass is 10.1. The zero-order valence-electron chi connectivity index (χ0n) is 6.96. The molecule has 76 valence electrons. The van der Waals surface area contributed by atoms with Crippen molar-refractivity contribution in [1.29, 1.82) is 0 Å². The molecule has 4 atom stereocenters. The van der Waals surface area contributed by atoms with Gasteiger partial charge in [-0.15, -0.1) is 0 Å². The quantitative estimate of drug-likeness (QED) is 0.267. The molecule has 0 aromatic carbocycles. The highest BCUT2D eigenvalue weighted by atomic mass is 16.5.